The Bertz CT molecular complexity index is 787. The highest BCUT2D eigenvalue weighted by Gasteiger charge is 2.06. The van der Waals surface area contributed by atoms with Crippen molar-refractivity contribution in [1.82, 2.24) is 5.43 Å². The minimum Gasteiger partial charge on any atom is -0.494 e. The van der Waals surface area contributed by atoms with E-state index in [1.165, 1.54) is 26.8 Å². The Morgan fingerprint density at radius 1 is 1.32 bits per heavy atom. The van der Waals surface area contributed by atoms with Gasteiger partial charge in [-0.15, -0.1) is 11.3 Å². The molecule has 0 bridgehead atoms. The van der Waals surface area contributed by atoms with Gasteiger partial charge in [0.1, 0.15) is 6.61 Å². The summed E-state index contributed by atoms with van der Waals surface area (Å²) >= 11 is 1.82. The normalized spacial score (nSPS) is 12.1. The topological polar surface area (TPSA) is 47.3 Å². The Morgan fingerprint density at radius 2 is 2.12 bits per heavy atom. The lowest BCUT2D eigenvalue weighted by Crippen LogP contribution is -2.19. The number of nitrogens with two attached hydrogens (primary N) is 1. The van der Waals surface area contributed by atoms with Crippen molar-refractivity contribution in [2.45, 2.75) is 46.6 Å². The van der Waals surface area contributed by atoms with Crippen molar-refractivity contribution in [3.8, 4) is 0 Å². The predicted octanol–water partition coefficient (Wildman–Crippen LogP) is 5.64. The van der Waals surface area contributed by atoms with Crippen molar-refractivity contribution in [2.75, 3.05) is 0 Å². The van der Waals surface area contributed by atoms with E-state index >= 15 is 0 Å². The van der Waals surface area contributed by atoms with Crippen molar-refractivity contribution in [3.63, 3.8) is 0 Å². The molecular formula is C21H28N2OS. The Kier molecular flexibility index (Phi) is 7.29. The smallest absolute Gasteiger partial charge is 0.113 e. The fourth-order valence-corrected chi connectivity index (χ4v) is 3.66. The average molecular weight is 357 g/mol. The molecule has 0 atom stereocenters. The van der Waals surface area contributed by atoms with E-state index in [4.69, 9.17) is 10.6 Å². The molecule has 134 valence electrons. The first-order chi connectivity index (χ1) is 12.0. The lowest BCUT2D eigenvalue weighted by molar-refractivity contribution is 0.201. The molecule has 0 saturated carbocycles. The molecule has 0 radical (unpaired) electrons. The zero-order valence-corrected chi connectivity index (χ0v) is 16.2. The molecule has 3 nitrogen and oxygen atoms in total. The monoisotopic (exact) mass is 356 g/mol. The van der Waals surface area contributed by atoms with E-state index in [9.17, 15) is 0 Å². The van der Waals surface area contributed by atoms with Gasteiger partial charge in [-0.05, 0) is 79.6 Å². The fraction of sp³-hybridized carbons (Fsp3) is 0.333. The quantitative estimate of drug-likeness (QED) is 0.201. The minimum absolute atomic E-state index is 0.601. The lowest BCUT2D eigenvalue weighted by Gasteiger charge is -2.08. The third-order valence-corrected chi connectivity index (χ3v) is 5.35. The lowest BCUT2D eigenvalue weighted by atomic mass is 10.1. The van der Waals surface area contributed by atoms with Crippen molar-refractivity contribution < 1.29 is 4.74 Å². The second-order valence-electron chi connectivity index (χ2n) is 6.34. The number of ether oxygens (including phenoxy) is 1. The Balaban J connectivity index is 1.84. The number of fused-ring (bicyclic) bond motifs is 1. The number of allylic oxidation sites excluding steroid dienone is 5. The number of rotatable bonds is 9. The molecule has 0 unspecified atom stereocenters. The van der Waals surface area contributed by atoms with Crippen LogP contribution in [0.4, 0.5) is 0 Å². The van der Waals surface area contributed by atoms with Gasteiger partial charge in [-0.25, -0.2) is 0 Å². The summed E-state index contributed by atoms with van der Waals surface area (Å²) in [4.78, 5) is 0. The fourth-order valence-electron chi connectivity index (χ4n) is 2.64. The van der Waals surface area contributed by atoms with Gasteiger partial charge in [0.05, 0.1) is 5.76 Å². The number of hydrogen-bond donors (Lipinski definition) is 2. The van der Waals surface area contributed by atoms with E-state index in [0.29, 0.717) is 6.61 Å². The van der Waals surface area contributed by atoms with Crippen LogP contribution in [0.1, 0.15) is 42.9 Å². The molecule has 0 amide bonds. The molecule has 2 aromatic rings. The predicted molar refractivity (Wildman–Crippen MR) is 109 cm³/mol. The van der Waals surface area contributed by atoms with E-state index in [-0.39, 0.29) is 0 Å². The van der Waals surface area contributed by atoms with Crippen LogP contribution in [0.25, 0.3) is 10.1 Å². The summed E-state index contributed by atoms with van der Waals surface area (Å²) in [7, 11) is 0. The number of unbranched alkanes of at least 4 members (excludes halogenated alkanes) is 1. The van der Waals surface area contributed by atoms with Gasteiger partial charge in [-0.1, -0.05) is 24.8 Å². The molecule has 1 aromatic heterocycles. The van der Waals surface area contributed by atoms with Gasteiger partial charge in [0, 0.05) is 10.4 Å². The highest BCUT2D eigenvalue weighted by Crippen LogP contribution is 2.30. The number of thiophene rings is 1. The summed E-state index contributed by atoms with van der Waals surface area (Å²) in [6.45, 7) is 10.7. The van der Waals surface area contributed by atoms with Crippen molar-refractivity contribution in [3.05, 3.63) is 70.5 Å². The maximum atomic E-state index is 5.88. The van der Waals surface area contributed by atoms with Crippen LogP contribution >= 0.6 is 11.3 Å². The third kappa shape index (κ3) is 5.76. The van der Waals surface area contributed by atoms with E-state index in [2.05, 4.69) is 49.4 Å². The maximum absolute atomic E-state index is 5.88. The maximum Gasteiger partial charge on any atom is 0.113 e. The Hall–Kier alpha value is -2.04. The molecule has 4 heteroatoms. The molecule has 1 heterocycles. The van der Waals surface area contributed by atoms with Crippen LogP contribution in [0.5, 0.6) is 0 Å². The molecule has 0 saturated heterocycles. The van der Waals surface area contributed by atoms with Gasteiger partial charge < -0.3 is 10.2 Å². The molecule has 0 aliphatic heterocycles. The van der Waals surface area contributed by atoms with Gasteiger partial charge in [0.2, 0.25) is 0 Å². The van der Waals surface area contributed by atoms with Gasteiger partial charge in [-0.3, -0.25) is 5.84 Å². The SMILES string of the molecule is C=C(CCC/C=C/C=C(\C)OCc1cc(C)c2scc(C)c2c1)NN. The van der Waals surface area contributed by atoms with Crippen LogP contribution in [-0.4, -0.2) is 0 Å². The molecule has 0 aliphatic rings. The average Bonchev–Trinajstić information content (AvgIpc) is 2.97. The van der Waals surface area contributed by atoms with Crippen molar-refractivity contribution in [2.24, 2.45) is 5.84 Å². The van der Waals surface area contributed by atoms with Gasteiger partial charge in [0.15, 0.2) is 0 Å². The molecule has 2 rings (SSSR count). The molecule has 25 heavy (non-hydrogen) atoms. The Labute approximate surface area is 154 Å². The van der Waals surface area contributed by atoms with Gasteiger partial charge >= 0.3 is 0 Å². The van der Waals surface area contributed by atoms with Gasteiger partial charge in [-0.2, -0.15) is 0 Å². The summed E-state index contributed by atoms with van der Waals surface area (Å²) in [5.41, 5.74) is 7.33. The summed E-state index contributed by atoms with van der Waals surface area (Å²) < 4.78 is 7.26. The number of benzene rings is 1. The zero-order valence-electron chi connectivity index (χ0n) is 15.4. The summed E-state index contributed by atoms with van der Waals surface area (Å²) in [6, 6.07) is 4.47. The number of hydrazine groups is 1. The van der Waals surface area contributed by atoms with E-state index in [1.807, 2.05) is 30.4 Å². The second-order valence-corrected chi connectivity index (χ2v) is 7.22. The van der Waals surface area contributed by atoms with Crippen LogP contribution in [0.3, 0.4) is 0 Å². The standard InChI is InChI=1S/C21H28N2OS/c1-15-11-19(12-20-16(2)14-25-21(15)20)13-24-18(4)10-8-6-5-7-9-17(3)23-22/h6,8,10-12,14,23H,3,5,7,9,13,22H2,1-2,4H3/b8-6+,18-10+. The molecule has 0 spiro atoms. The number of aryl methyl sites for hydroxylation is 2. The second kappa shape index (κ2) is 9.44. The van der Waals surface area contributed by atoms with E-state index in [1.54, 1.807) is 0 Å². The highest BCUT2D eigenvalue weighted by atomic mass is 32.1. The molecular weight excluding hydrogens is 328 g/mol. The van der Waals surface area contributed by atoms with Crippen LogP contribution in [0.2, 0.25) is 0 Å². The summed E-state index contributed by atoms with van der Waals surface area (Å²) in [5, 5.41) is 3.57. The molecule has 3 N–H and O–H groups in total. The van der Waals surface area contributed by atoms with E-state index in [0.717, 1.165) is 30.7 Å². The summed E-state index contributed by atoms with van der Waals surface area (Å²) in [6.07, 6.45) is 9.12. The van der Waals surface area contributed by atoms with Crippen LogP contribution in [0.15, 0.2) is 53.8 Å². The van der Waals surface area contributed by atoms with Crippen LogP contribution in [-0.2, 0) is 11.3 Å². The third-order valence-electron chi connectivity index (χ3n) is 4.10. The molecule has 1 aromatic carbocycles. The van der Waals surface area contributed by atoms with Crippen LogP contribution < -0.4 is 11.3 Å². The number of nitrogens with one attached hydrogen (secondary N) is 1. The molecule has 0 aliphatic carbocycles. The van der Waals surface area contributed by atoms with Gasteiger partial charge in [0.25, 0.3) is 0 Å². The summed E-state index contributed by atoms with van der Waals surface area (Å²) in [5.74, 6) is 6.20. The highest BCUT2D eigenvalue weighted by molar-refractivity contribution is 7.17. The Morgan fingerprint density at radius 3 is 2.88 bits per heavy atom. The first-order valence-electron chi connectivity index (χ1n) is 8.59. The first-order valence-corrected chi connectivity index (χ1v) is 9.47. The number of hydrogen-bond acceptors (Lipinski definition) is 4. The molecule has 0 fully saturated rings. The van der Waals surface area contributed by atoms with Crippen molar-refractivity contribution >= 4 is 21.4 Å². The largest absolute Gasteiger partial charge is 0.494 e. The van der Waals surface area contributed by atoms with Crippen LogP contribution in [0, 0.1) is 13.8 Å². The van der Waals surface area contributed by atoms with E-state index < -0.39 is 0 Å². The minimum atomic E-state index is 0.601. The van der Waals surface area contributed by atoms with Crippen molar-refractivity contribution in [1.29, 1.82) is 0 Å². The zero-order chi connectivity index (χ0) is 18.2. The first kappa shape index (κ1) is 19.3.